The lowest BCUT2D eigenvalue weighted by Gasteiger charge is -2.10. The Morgan fingerprint density at radius 3 is 2.33 bits per heavy atom. The molecular formula is C12H13Cl3O5S. The minimum absolute atomic E-state index is 0.0100. The molecule has 1 aromatic carbocycles. The molecule has 0 aliphatic carbocycles. The zero-order valence-electron chi connectivity index (χ0n) is 11.2. The van der Waals surface area contributed by atoms with Gasteiger partial charge in [-0.15, -0.1) is 0 Å². The Kier molecular flexibility index (Phi) is 6.74. The van der Waals surface area contributed by atoms with Crippen molar-refractivity contribution in [1.82, 2.24) is 0 Å². The van der Waals surface area contributed by atoms with E-state index in [0.717, 1.165) is 12.1 Å². The van der Waals surface area contributed by atoms with Gasteiger partial charge in [0.2, 0.25) is 0 Å². The fraction of sp³-hybridized carbons (Fsp3) is 0.417. The van der Waals surface area contributed by atoms with E-state index in [-0.39, 0.29) is 34.9 Å². The molecule has 0 N–H and O–H groups in total. The second-order valence-electron chi connectivity index (χ2n) is 4.26. The third-order valence-electron chi connectivity index (χ3n) is 2.27. The molecule has 0 aromatic heterocycles. The van der Waals surface area contributed by atoms with Crippen LogP contribution in [0.15, 0.2) is 17.0 Å². The van der Waals surface area contributed by atoms with Crippen molar-refractivity contribution < 1.29 is 22.7 Å². The molecule has 0 atom stereocenters. The highest BCUT2D eigenvalue weighted by molar-refractivity contribution is 8.13. The molecule has 0 unspecified atom stereocenters. The quantitative estimate of drug-likeness (QED) is 0.432. The lowest BCUT2D eigenvalue weighted by molar-refractivity contribution is 0.0177. The minimum Gasteiger partial charge on any atom is -0.460 e. The van der Waals surface area contributed by atoms with Gasteiger partial charge in [-0.3, -0.25) is 0 Å². The van der Waals surface area contributed by atoms with Crippen LogP contribution in [0.2, 0.25) is 10.0 Å². The summed E-state index contributed by atoms with van der Waals surface area (Å²) in [5.41, 5.74) is -0.134. The smallest absolute Gasteiger partial charge is 0.339 e. The number of benzene rings is 1. The normalized spacial score (nSPS) is 11.7. The maximum absolute atomic E-state index is 11.9. The number of esters is 1. The highest BCUT2D eigenvalue weighted by Gasteiger charge is 2.21. The Bertz CT molecular complexity index is 628. The Balaban J connectivity index is 2.90. The van der Waals surface area contributed by atoms with Gasteiger partial charge < -0.3 is 9.47 Å². The maximum Gasteiger partial charge on any atom is 0.339 e. The monoisotopic (exact) mass is 374 g/mol. The molecule has 21 heavy (non-hydrogen) atoms. The van der Waals surface area contributed by atoms with E-state index < -0.39 is 19.9 Å². The maximum atomic E-state index is 11.9. The molecule has 0 heterocycles. The first-order valence-corrected chi connectivity index (χ1v) is 8.92. The van der Waals surface area contributed by atoms with Crippen LogP contribution in [0.3, 0.4) is 0 Å². The second kappa shape index (κ2) is 7.65. The fourth-order valence-electron chi connectivity index (χ4n) is 1.37. The molecule has 1 rings (SSSR count). The molecule has 0 aliphatic heterocycles. The van der Waals surface area contributed by atoms with Gasteiger partial charge in [-0.2, -0.15) is 0 Å². The Hall–Kier alpha value is -0.530. The van der Waals surface area contributed by atoms with Crippen LogP contribution in [0, 0.1) is 0 Å². The first kappa shape index (κ1) is 18.5. The molecule has 0 aliphatic rings. The number of hydrogen-bond acceptors (Lipinski definition) is 5. The van der Waals surface area contributed by atoms with E-state index in [1.54, 1.807) is 0 Å². The van der Waals surface area contributed by atoms with Crippen LogP contribution in [0.1, 0.15) is 24.2 Å². The molecule has 0 amide bonds. The average Bonchev–Trinajstić information content (AvgIpc) is 2.32. The highest BCUT2D eigenvalue weighted by Crippen LogP contribution is 2.31. The van der Waals surface area contributed by atoms with Crippen molar-refractivity contribution in [2.24, 2.45) is 0 Å². The number of rotatable bonds is 6. The van der Waals surface area contributed by atoms with Gasteiger partial charge in [-0.1, -0.05) is 23.2 Å². The molecule has 0 saturated carbocycles. The molecule has 0 bridgehead atoms. The van der Waals surface area contributed by atoms with Gasteiger partial charge in [0, 0.05) is 10.7 Å². The minimum atomic E-state index is -4.09. The molecule has 0 spiro atoms. The van der Waals surface area contributed by atoms with Crippen LogP contribution >= 0.6 is 33.9 Å². The third kappa shape index (κ3) is 5.64. The second-order valence-corrected chi connectivity index (χ2v) is 7.60. The zero-order valence-corrected chi connectivity index (χ0v) is 14.3. The van der Waals surface area contributed by atoms with Crippen molar-refractivity contribution in [2.75, 3.05) is 13.2 Å². The summed E-state index contributed by atoms with van der Waals surface area (Å²) in [6, 6.07) is 2.11. The summed E-state index contributed by atoms with van der Waals surface area (Å²) >= 11 is 11.6. The molecule has 0 saturated heterocycles. The highest BCUT2D eigenvalue weighted by atomic mass is 35.7. The van der Waals surface area contributed by atoms with Crippen molar-refractivity contribution in [3.63, 3.8) is 0 Å². The van der Waals surface area contributed by atoms with Gasteiger partial charge in [0.1, 0.15) is 11.5 Å². The van der Waals surface area contributed by atoms with Crippen molar-refractivity contribution in [2.45, 2.75) is 24.8 Å². The van der Waals surface area contributed by atoms with Crippen LogP contribution in [0.5, 0.6) is 0 Å². The van der Waals surface area contributed by atoms with Crippen molar-refractivity contribution >= 4 is 48.9 Å². The van der Waals surface area contributed by atoms with Gasteiger partial charge in [0.05, 0.1) is 28.3 Å². The molecule has 0 radical (unpaired) electrons. The summed E-state index contributed by atoms with van der Waals surface area (Å²) in [6.45, 7) is 3.92. The number of carbonyl (C=O) groups is 1. The van der Waals surface area contributed by atoms with Gasteiger partial charge >= 0.3 is 5.97 Å². The van der Waals surface area contributed by atoms with Crippen LogP contribution < -0.4 is 0 Å². The van der Waals surface area contributed by atoms with Crippen LogP contribution in [-0.4, -0.2) is 33.7 Å². The number of hydrogen-bond donors (Lipinski definition) is 0. The van der Waals surface area contributed by atoms with Crippen LogP contribution in [0.25, 0.3) is 0 Å². The molecular weight excluding hydrogens is 363 g/mol. The third-order valence-corrected chi connectivity index (χ3v) is 4.37. The Morgan fingerprint density at radius 1 is 1.19 bits per heavy atom. The van der Waals surface area contributed by atoms with E-state index in [2.05, 4.69) is 0 Å². The Morgan fingerprint density at radius 2 is 1.81 bits per heavy atom. The summed E-state index contributed by atoms with van der Waals surface area (Å²) in [6.07, 6.45) is 0.0100. The van der Waals surface area contributed by atoms with E-state index >= 15 is 0 Å². The van der Waals surface area contributed by atoms with E-state index in [1.165, 1.54) is 0 Å². The van der Waals surface area contributed by atoms with Gasteiger partial charge in [0.25, 0.3) is 9.05 Å². The lowest BCUT2D eigenvalue weighted by Crippen LogP contribution is -2.14. The summed E-state index contributed by atoms with van der Waals surface area (Å²) in [5, 5.41) is -0.200. The summed E-state index contributed by atoms with van der Waals surface area (Å²) in [4.78, 5) is 11.5. The van der Waals surface area contributed by atoms with Crippen LogP contribution in [-0.2, 0) is 18.5 Å². The SMILES string of the molecule is CC(C)OCCOC(=O)c1cc(S(=O)(=O)Cl)c(Cl)cc1Cl. The molecule has 118 valence electrons. The van der Waals surface area contributed by atoms with Gasteiger partial charge in [-0.25, -0.2) is 13.2 Å². The molecule has 9 heteroatoms. The first-order chi connectivity index (χ1) is 9.62. The average molecular weight is 376 g/mol. The number of carbonyl (C=O) groups excluding carboxylic acids is 1. The fourth-order valence-corrected chi connectivity index (χ4v) is 3.19. The van der Waals surface area contributed by atoms with E-state index in [4.69, 9.17) is 43.4 Å². The number of halogens is 3. The Labute approximate surface area is 137 Å². The summed E-state index contributed by atoms with van der Waals surface area (Å²) in [5.74, 6) is -0.786. The predicted molar refractivity (Wildman–Crippen MR) is 80.9 cm³/mol. The molecule has 1 aromatic rings. The zero-order chi connectivity index (χ0) is 16.2. The standard InChI is InChI=1S/C12H13Cl3O5S/c1-7(2)19-3-4-20-12(16)8-5-11(21(15,17)18)10(14)6-9(8)13/h5-7H,3-4H2,1-2H3. The van der Waals surface area contributed by atoms with Gasteiger partial charge in [-0.05, 0) is 26.0 Å². The molecule has 0 fully saturated rings. The van der Waals surface area contributed by atoms with Crippen molar-refractivity contribution in [3.8, 4) is 0 Å². The predicted octanol–water partition coefficient (Wildman–Crippen LogP) is 3.50. The van der Waals surface area contributed by atoms with E-state index in [9.17, 15) is 13.2 Å². The van der Waals surface area contributed by atoms with Crippen LogP contribution in [0.4, 0.5) is 0 Å². The van der Waals surface area contributed by atoms with Crippen molar-refractivity contribution in [3.05, 3.63) is 27.7 Å². The van der Waals surface area contributed by atoms with Gasteiger partial charge in [0.15, 0.2) is 0 Å². The van der Waals surface area contributed by atoms with E-state index in [0.29, 0.717) is 0 Å². The summed E-state index contributed by atoms with van der Waals surface area (Å²) < 4.78 is 32.8. The van der Waals surface area contributed by atoms with Crippen molar-refractivity contribution in [1.29, 1.82) is 0 Å². The first-order valence-electron chi connectivity index (χ1n) is 5.85. The number of ether oxygens (including phenoxy) is 2. The molecule has 5 nitrogen and oxygen atoms in total. The topological polar surface area (TPSA) is 69.7 Å². The summed E-state index contributed by atoms with van der Waals surface area (Å²) in [7, 11) is 1.13. The van der Waals surface area contributed by atoms with E-state index in [1.807, 2.05) is 13.8 Å². The largest absolute Gasteiger partial charge is 0.460 e. The lowest BCUT2D eigenvalue weighted by atomic mass is 10.2.